The molecule has 3 amide bonds. The van der Waals surface area contributed by atoms with Crippen molar-refractivity contribution in [3.8, 4) is 0 Å². The quantitative estimate of drug-likeness (QED) is 0.625. The second-order valence-electron chi connectivity index (χ2n) is 9.14. The van der Waals surface area contributed by atoms with E-state index >= 15 is 0 Å². The maximum Gasteiger partial charge on any atom is 0.331 e. The Labute approximate surface area is 214 Å². The SMILES string of the molecule is O=C(C1CN=C2c3ncc(N4CCOCC4)cc3N(Cc3ccc(Cl)cc3)C(=O)N21)N1CCOCC1. The van der Waals surface area contributed by atoms with Gasteiger partial charge in [-0.05, 0) is 23.8 Å². The van der Waals surface area contributed by atoms with E-state index < -0.39 is 6.04 Å². The van der Waals surface area contributed by atoms with E-state index in [1.807, 2.05) is 36.5 Å². The van der Waals surface area contributed by atoms with Crippen molar-refractivity contribution in [2.45, 2.75) is 12.6 Å². The fourth-order valence-corrected chi connectivity index (χ4v) is 5.17. The van der Waals surface area contributed by atoms with Crippen LogP contribution in [-0.2, 0) is 20.8 Å². The van der Waals surface area contributed by atoms with Gasteiger partial charge in [0.2, 0.25) is 5.91 Å². The molecule has 10 nitrogen and oxygen atoms in total. The standard InChI is InChI=1S/C25H27ClN6O4/c26-18-3-1-17(2-4-18)16-31-20-13-19(29-5-9-35-10-6-29)14-27-22(20)23-28-15-21(32(23)25(31)34)24(33)30-7-11-36-12-8-30/h1-4,13-14,21H,5-12,15-16H2. The maximum absolute atomic E-state index is 14.0. The second kappa shape index (κ2) is 9.68. The fraction of sp³-hybridized carbons (Fsp3) is 0.440. The summed E-state index contributed by atoms with van der Waals surface area (Å²) in [6.07, 6.45) is 1.82. The van der Waals surface area contributed by atoms with Gasteiger partial charge in [-0.2, -0.15) is 0 Å². The zero-order chi connectivity index (χ0) is 24.6. The number of hydrogen-bond acceptors (Lipinski definition) is 7. The molecule has 36 heavy (non-hydrogen) atoms. The molecule has 0 saturated carbocycles. The zero-order valence-electron chi connectivity index (χ0n) is 19.8. The van der Waals surface area contributed by atoms with E-state index in [9.17, 15) is 9.59 Å². The van der Waals surface area contributed by atoms with Crippen molar-refractivity contribution in [1.29, 1.82) is 0 Å². The molecule has 1 unspecified atom stereocenters. The number of urea groups is 1. The van der Waals surface area contributed by atoms with E-state index in [4.69, 9.17) is 26.1 Å². The highest BCUT2D eigenvalue weighted by atomic mass is 35.5. The molecular formula is C25H27ClN6O4. The Kier molecular flexibility index (Phi) is 6.24. The van der Waals surface area contributed by atoms with Gasteiger partial charge in [-0.3, -0.25) is 19.6 Å². The van der Waals surface area contributed by atoms with Crippen molar-refractivity contribution in [2.75, 3.05) is 69.0 Å². The monoisotopic (exact) mass is 510 g/mol. The Morgan fingerprint density at radius 3 is 2.44 bits per heavy atom. The number of carbonyl (C=O) groups is 2. The number of carbonyl (C=O) groups excluding carboxylic acids is 2. The lowest BCUT2D eigenvalue weighted by molar-refractivity contribution is -0.138. The van der Waals surface area contributed by atoms with E-state index in [2.05, 4.69) is 9.89 Å². The lowest BCUT2D eigenvalue weighted by atomic mass is 10.1. The summed E-state index contributed by atoms with van der Waals surface area (Å²) in [5, 5.41) is 0.630. The third-order valence-corrected chi connectivity index (χ3v) is 7.24. The molecule has 11 heteroatoms. The Bertz CT molecular complexity index is 1190. The molecule has 0 radical (unpaired) electrons. The number of rotatable bonds is 4. The lowest BCUT2D eigenvalue weighted by Gasteiger charge is -2.39. The number of morpholine rings is 2. The van der Waals surface area contributed by atoms with Crippen LogP contribution in [0.5, 0.6) is 0 Å². The number of aromatic nitrogens is 1. The zero-order valence-corrected chi connectivity index (χ0v) is 20.6. The minimum atomic E-state index is -0.688. The molecule has 0 N–H and O–H groups in total. The van der Waals surface area contributed by atoms with E-state index in [0.29, 0.717) is 68.3 Å². The van der Waals surface area contributed by atoms with Crippen LogP contribution in [0.4, 0.5) is 16.2 Å². The number of pyridine rings is 1. The summed E-state index contributed by atoms with van der Waals surface area (Å²) in [6.45, 7) is 5.38. The summed E-state index contributed by atoms with van der Waals surface area (Å²) in [5.74, 6) is 0.354. The highest BCUT2D eigenvalue weighted by Gasteiger charge is 2.47. The Hall–Kier alpha value is -3.21. The average molecular weight is 511 g/mol. The summed E-state index contributed by atoms with van der Waals surface area (Å²) in [5.41, 5.74) is 3.15. The number of hydrogen-bond donors (Lipinski definition) is 0. The Morgan fingerprint density at radius 1 is 1.03 bits per heavy atom. The molecule has 188 valence electrons. The van der Waals surface area contributed by atoms with Crippen molar-refractivity contribution < 1.29 is 19.1 Å². The number of nitrogens with zero attached hydrogens (tertiary/aromatic N) is 6. The van der Waals surface area contributed by atoms with Crippen LogP contribution in [0.15, 0.2) is 41.5 Å². The molecule has 1 aromatic carbocycles. The molecule has 0 spiro atoms. The first-order chi connectivity index (χ1) is 17.6. The van der Waals surface area contributed by atoms with Gasteiger partial charge in [0.25, 0.3) is 0 Å². The first-order valence-corrected chi connectivity index (χ1v) is 12.6. The number of halogens is 1. The lowest BCUT2D eigenvalue weighted by Crippen LogP contribution is -2.58. The van der Waals surface area contributed by atoms with Crippen LogP contribution in [0.1, 0.15) is 11.3 Å². The number of benzene rings is 1. The largest absolute Gasteiger partial charge is 0.378 e. The molecule has 2 aromatic rings. The highest BCUT2D eigenvalue weighted by Crippen LogP contribution is 2.36. The number of anilines is 2. The van der Waals surface area contributed by atoms with Crippen LogP contribution in [-0.4, -0.2) is 97.8 Å². The number of amides is 3. The van der Waals surface area contributed by atoms with E-state index in [1.165, 1.54) is 4.90 Å². The number of ether oxygens (including phenoxy) is 2. The van der Waals surface area contributed by atoms with Crippen LogP contribution < -0.4 is 9.80 Å². The Morgan fingerprint density at radius 2 is 1.72 bits per heavy atom. The topological polar surface area (TPSA) is 90.8 Å². The molecular weight excluding hydrogens is 484 g/mol. The van der Waals surface area contributed by atoms with Crippen LogP contribution in [0.2, 0.25) is 5.02 Å². The van der Waals surface area contributed by atoms with E-state index in [1.54, 1.807) is 9.80 Å². The molecule has 2 saturated heterocycles. The van der Waals surface area contributed by atoms with Gasteiger partial charge in [-0.25, -0.2) is 9.78 Å². The minimum Gasteiger partial charge on any atom is -0.378 e. The molecule has 2 fully saturated rings. The summed E-state index contributed by atoms with van der Waals surface area (Å²) < 4.78 is 10.9. The van der Waals surface area contributed by atoms with Crippen LogP contribution >= 0.6 is 11.6 Å². The summed E-state index contributed by atoms with van der Waals surface area (Å²) in [6, 6.07) is 8.45. The van der Waals surface area contributed by atoms with Crippen LogP contribution in [0, 0.1) is 0 Å². The van der Waals surface area contributed by atoms with Gasteiger partial charge in [0.05, 0.1) is 57.1 Å². The number of fused-ring (bicyclic) bond motifs is 3. The second-order valence-corrected chi connectivity index (χ2v) is 9.58. The van der Waals surface area contributed by atoms with Gasteiger partial charge in [0, 0.05) is 31.2 Å². The smallest absolute Gasteiger partial charge is 0.331 e. The number of aliphatic imine (C=N–C) groups is 1. The summed E-state index contributed by atoms with van der Waals surface area (Å²) >= 11 is 6.09. The normalized spacial score (nSPS) is 21.9. The fourth-order valence-electron chi connectivity index (χ4n) is 5.05. The third kappa shape index (κ3) is 4.19. The first kappa shape index (κ1) is 23.2. The molecule has 1 atom stereocenters. The van der Waals surface area contributed by atoms with Crippen LogP contribution in [0.25, 0.3) is 0 Å². The number of amidine groups is 1. The van der Waals surface area contributed by atoms with Gasteiger partial charge in [-0.1, -0.05) is 23.7 Å². The van der Waals surface area contributed by atoms with E-state index in [-0.39, 0.29) is 18.5 Å². The first-order valence-electron chi connectivity index (χ1n) is 12.2. The van der Waals surface area contributed by atoms with Gasteiger partial charge in [0.15, 0.2) is 5.84 Å². The van der Waals surface area contributed by atoms with Gasteiger partial charge < -0.3 is 19.3 Å². The van der Waals surface area contributed by atoms with Crippen LogP contribution in [0.3, 0.4) is 0 Å². The molecule has 0 bridgehead atoms. The average Bonchev–Trinajstić information content (AvgIpc) is 3.38. The molecule has 4 aliphatic heterocycles. The molecule has 1 aromatic heterocycles. The third-order valence-electron chi connectivity index (χ3n) is 6.98. The van der Waals surface area contributed by atoms with Crippen molar-refractivity contribution >= 4 is 40.7 Å². The van der Waals surface area contributed by atoms with E-state index in [0.717, 1.165) is 24.3 Å². The summed E-state index contributed by atoms with van der Waals surface area (Å²) in [4.78, 5) is 44.0. The van der Waals surface area contributed by atoms with Crippen molar-refractivity contribution in [3.63, 3.8) is 0 Å². The molecule has 4 aliphatic rings. The predicted molar refractivity (Wildman–Crippen MR) is 135 cm³/mol. The minimum absolute atomic E-state index is 0.106. The summed E-state index contributed by atoms with van der Waals surface area (Å²) in [7, 11) is 0. The highest BCUT2D eigenvalue weighted by molar-refractivity contribution is 6.30. The maximum atomic E-state index is 14.0. The van der Waals surface area contributed by atoms with Crippen molar-refractivity contribution in [3.05, 3.63) is 52.8 Å². The predicted octanol–water partition coefficient (Wildman–Crippen LogP) is 2.00. The van der Waals surface area contributed by atoms with Crippen molar-refractivity contribution in [1.82, 2.24) is 14.8 Å². The van der Waals surface area contributed by atoms with Gasteiger partial charge in [0.1, 0.15) is 11.7 Å². The molecule has 0 aliphatic carbocycles. The van der Waals surface area contributed by atoms with Gasteiger partial charge in [-0.15, -0.1) is 0 Å². The molecule has 6 rings (SSSR count). The molecule has 5 heterocycles. The van der Waals surface area contributed by atoms with Crippen molar-refractivity contribution in [2.24, 2.45) is 4.99 Å². The Balaban J connectivity index is 1.37. The van der Waals surface area contributed by atoms with Gasteiger partial charge >= 0.3 is 6.03 Å².